The number of amides is 2. The number of carbonyl (C=O) groups excluding carboxylic acids is 1. The summed E-state index contributed by atoms with van der Waals surface area (Å²) in [6.45, 7) is 3.31. The molecule has 3 aliphatic heterocycles. The van der Waals surface area contributed by atoms with Crippen LogP contribution in [0.25, 0.3) is 0 Å². The normalized spacial score (nSPS) is 25.6. The lowest BCUT2D eigenvalue weighted by Crippen LogP contribution is -2.46. The van der Waals surface area contributed by atoms with E-state index in [9.17, 15) is 13.2 Å². The molecule has 27 heavy (non-hydrogen) atoms. The summed E-state index contributed by atoms with van der Waals surface area (Å²) < 4.78 is 23.1. The van der Waals surface area contributed by atoms with E-state index in [-0.39, 0.29) is 17.8 Å². The largest absolute Gasteiger partial charge is 0.371 e. The van der Waals surface area contributed by atoms with E-state index in [0.29, 0.717) is 6.04 Å². The van der Waals surface area contributed by atoms with Crippen molar-refractivity contribution in [3.8, 4) is 0 Å². The molecule has 0 unspecified atom stereocenters. The predicted octanol–water partition coefficient (Wildman–Crippen LogP) is 1.43. The van der Waals surface area contributed by atoms with Crippen LogP contribution in [-0.4, -0.2) is 70.4 Å². The standard InChI is InChI=1S/C19H26N4O3S/c1-21-10-11-23(19(21)24)18-4-2-3-17(13-18)22-8-5-15(6-9-22)20-16-7-12-27(25,26)14-16/h2-4,7,12-13,15-16,20H,5-6,8-11,14H2,1H3/t16-/m1/s1. The highest BCUT2D eigenvalue weighted by atomic mass is 32.2. The van der Waals surface area contributed by atoms with Gasteiger partial charge in [0.1, 0.15) is 0 Å². The van der Waals surface area contributed by atoms with Crippen LogP contribution in [0.5, 0.6) is 0 Å². The Morgan fingerprint density at radius 3 is 2.44 bits per heavy atom. The second-order valence-electron chi connectivity index (χ2n) is 7.57. The van der Waals surface area contributed by atoms with Gasteiger partial charge >= 0.3 is 6.03 Å². The number of nitrogens with one attached hydrogen (secondary N) is 1. The quantitative estimate of drug-likeness (QED) is 0.842. The van der Waals surface area contributed by atoms with Crippen LogP contribution in [0.15, 0.2) is 35.7 Å². The number of hydrogen-bond donors (Lipinski definition) is 1. The van der Waals surface area contributed by atoms with Crippen molar-refractivity contribution in [2.75, 3.05) is 48.8 Å². The maximum atomic E-state index is 12.2. The fourth-order valence-corrected chi connectivity index (χ4v) is 5.28. The molecule has 8 heteroatoms. The van der Waals surface area contributed by atoms with Gasteiger partial charge in [-0.3, -0.25) is 4.90 Å². The van der Waals surface area contributed by atoms with Crippen molar-refractivity contribution in [3.05, 3.63) is 35.7 Å². The molecule has 0 aromatic heterocycles. The van der Waals surface area contributed by atoms with Gasteiger partial charge in [0.25, 0.3) is 0 Å². The van der Waals surface area contributed by atoms with Crippen molar-refractivity contribution in [1.82, 2.24) is 10.2 Å². The molecule has 2 fully saturated rings. The minimum atomic E-state index is -3.01. The van der Waals surface area contributed by atoms with Crippen LogP contribution in [0, 0.1) is 0 Å². The highest BCUT2D eigenvalue weighted by Crippen LogP contribution is 2.27. The zero-order valence-electron chi connectivity index (χ0n) is 15.5. The minimum absolute atomic E-state index is 0.0506. The Balaban J connectivity index is 1.35. The highest BCUT2D eigenvalue weighted by molar-refractivity contribution is 7.94. The first-order chi connectivity index (χ1) is 12.9. The fourth-order valence-electron chi connectivity index (χ4n) is 4.03. The van der Waals surface area contributed by atoms with E-state index in [4.69, 9.17) is 0 Å². The molecule has 7 nitrogen and oxygen atoms in total. The molecule has 3 aliphatic rings. The van der Waals surface area contributed by atoms with Gasteiger partial charge in [0.15, 0.2) is 9.84 Å². The SMILES string of the molecule is CN1CCN(c2cccc(N3CCC(N[C@@H]4C=CS(=O)(=O)C4)CC3)c2)C1=O. The number of anilines is 2. The first kappa shape index (κ1) is 18.3. The summed E-state index contributed by atoms with van der Waals surface area (Å²) in [6.07, 6.45) is 3.70. The summed E-state index contributed by atoms with van der Waals surface area (Å²) in [5.41, 5.74) is 2.08. The molecule has 2 amide bonds. The average Bonchev–Trinajstić information content (AvgIpc) is 3.17. The molecule has 0 saturated carbocycles. The third-order valence-electron chi connectivity index (χ3n) is 5.60. The van der Waals surface area contributed by atoms with Gasteiger partial charge in [-0.1, -0.05) is 12.1 Å². The topological polar surface area (TPSA) is 73.0 Å². The second-order valence-corrected chi connectivity index (χ2v) is 9.50. The fraction of sp³-hybridized carbons (Fsp3) is 0.526. The molecule has 0 spiro atoms. The van der Waals surface area contributed by atoms with Crippen molar-refractivity contribution in [3.63, 3.8) is 0 Å². The minimum Gasteiger partial charge on any atom is -0.371 e. The molecule has 1 atom stereocenters. The monoisotopic (exact) mass is 390 g/mol. The average molecular weight is 391 g/mol. The molecule has 0 radical (unpaired) electrons. The van der Waals surface area contributed by atoms with E-state index in [1.807, 2.05) is 24.1 Å². The number of hydrogen-bond acceptors (Lipinski definition) is 5. The zero-order valence-corrected chi connectivity index (χ0v) is 16.4. The van der Waals surface area contributed by atoms with Crippen LogP contribution in [0.1, 0.15) is 12.8 Å². The van der Waals surface area contributed by atoms with Gasteiger partial charge < -0.3 is 15.1 Å². The van der Waals surface area contributed by atoms with E-state index in [0.717, 1.165) is 50.4 Å². The molecule has 0 aliphatic carbocycles. The van der Waals surface area contributed by atoms with E-state index < -0.39 is 9.84 Å². The number of piperidine rings is 1. The molecular formula is C19H26N4O3S. The Morgan fingerprint density at radius 2 is 1.81 bits per heavy atom. The third-order valence-corrected chi connectivity index (χ3v) is 6.99. The predicted molar refractivity (Wildman–Crippen MR) is 107 cm³/mol. The maximum Gasteiger partial charge on any atom is 0.324 e. The summed E-state index contributed by atoms with van der Waals surface area (Å²) in [6, 6.07) is 8.50. The van der Waals surface area contributed by atoms with E-state index >= 15 is 0 Å². The van der Waals surface area contributed by atoms with Gasteiger partial charge in [-0.2, -0.15) is 0 Å². The van der Waals surface area contributed by atoms with E-state index in [1.165, 1.54) is 5.41 Å². The molecule has 4 rings (SSSR count). The number of carbonyl (C=O) groups is 1. The van der Waals surface area contributed by atoms with Crippen molar-refractivity contribution in [2.45, 2.75) is 24.9 Å². The smallest absolute Gasteiger partial charge is 0.324 e. The van der Waals surface area contributed by atoms with Gasteiger partial charge in [-0.15, -0.1) is 0 Å². The number of rotatable bonds is 4. The molecule has 0 bridgehead atoms. The first-order valence-corrected chi connectivity index (χ1v) is 11.2. The van der Waals surface area contributed by atoms with Gasteiger partial charge in [-0.05, 0) is 31.0 Å². The number of benzene rings is 1. The van der Waals surface area contributed by atoms with E-state index in [2.05, 4.69) is 22.3 Å². The van der Waals surface area contributed by atoms with Crippen LogP contribution in [-0.2, 0) is 9.84 Å². The number of urea groups is 1. The molecular weight excluding hydrogens is 364 g/mol. The zero-order chi connectivity index (χ0) is 19.0. The summed E-state index contributed by atoms with van der Waals surface area (Å²) in [7, 11) is -1.18. The Kier molecular flexibility index (Phi) is 4.86. The Bertz CT molecular complexity index is 846. The Labute approximate surface area is 160 Å². The van der Waals surface area contributed by atoms with Crippen molar-refractivity contribution in [2.24, 2.45) is 0 Å². The molecule has 1 aromatic rings. The maximum absolute atomic E-state index is 12.2. The molecule has 146 valence electrons. The summed E-state index contributed by atoms with van der Waals surface area (Å²) in [4.78, 5) is 18.1. The second kappa shape index (κ2) is 7.16. The van der Waals surface area contributed by atoms with Crippen LogP contribution in [0.2, 0.25) is 0 Å². The van der Waals surface area contributed by atoms with Gasteiger partial charge in [0.2, 0.25) is 0 Å². The van der Waals surface area contributed by atoms with Gasteiger partial charge in [0.05, 0.1) is 5.75 Å². The van der Waals surface area contributed by atoms with Crippen molar-refractivity contribution >= 4 is 27.2 Å². The Hall–Kier alpha value is -2.06. The number of nitrogens with zero attached hydrogens (tertiary/aromatic N) is 3. The lowest BCUT2D eigenvalue weighted by Gasteiger charge is -2.35. The lowest BCUT2D eigenvalue weighted by atomic mass is 10.0. The van der Waals surface area contributed by atoms with Gasteiger partial charge in [-0.25, -0.2) is 13.2 Å². The summed E-state index contributed by atoms with van der Waals surface area (Å²) in [5, 5.41) is 4.78. The highest BCUT2D eigenvalue weighted by Gasteiger charge is 2.28. The van der Waals surface area contributed by atoms with E-state index in [1.54, 1.807) is 11.0 Å². The van der Waals surface area contributed by atoms with Crippen LogP contribution >= 0.6 is 0 Å². The number of sulfone groups is 1. The molecule has 1 aromatic carbocycles. The lowest BCUT2D eigenvalue weighted by molar-refractivity contribution is 0.229. The van der Waals surface area contributed by atoms with Crippen LogP contribution in [0.3, 0.4) is 0 Å². The summed E-state index contributed by atoms with van der Waals surface area (Å²) in [5.74, 6) is 0.174. The van der Waals surface area contributed by atoms with Crippen molar-refractivity contribution in [1.29, 1.82) is 0 Å². The molecule has 3 heterocycles. The van der Waals surface area contributed by atoms with Crippen LogP contribution < -0.4 is 15.1 Å². The first-order valence-electron chi connectivity index (χ1n) is 9.46. The van der Waals surface area contributed by atoms with Crippen LogP contribution in [0.4, 0.5) is 16.2 Å². The van der Waals surface area contributed by atoms with Crippen molar-refractivity contribution < 1.29 is 13.2 Å². The molecule has 2 saturated heterocycles. The molecule has 1 N–H and O–H groups in total. The third kappa shape index (κ3) is 3.96. The summed E-state index contributed by atoms with van der Waals surface area (Å²) >= 11 is 0. The number of likely N-dealkylation sites (N-methyl/N-ethyl adjacent to an activating group) is 1. The van der Waals surface area contributed by atoms with Gasteiger partial charge in [0, 0.05) is 62.1 Å². The Morgan fingerprint density at radius 1 is 1.07 bits per heavy atom.